The first kappa shape index (κ1) is 23.0. The van der Waals surface area contributed by atoms with E-state index >= 15 is 0 Å². The first-order chi connectivity index (χ1) is 8.73. The highest BCUT2D eigenvalue weighted by Gasteiger charge is 2.33. The van der Waals surface area contributed by atoms with Gasteiger partial charge in [-0.1, -0.05) is 6.92 Å². The molecule has 0 bridgehead atoms. The molecule has 1 amide bonds. The number of rotatable bonds is 5. The van der Waals surface area contributed by atoms with Crippen molar-refractivity contribution in [3.8, 4) is 0 Å². The van der Waals surface area contributed by atoms with Gasteiger partial charge >= 0.3 is 6.18 Å². The maximum atomic E-state index is 12.4. The fourth-order valence-corrected chi connectivity index (χ4v) is 2.39. The van der Waals surface area contributed by atoms with Gasteiger partial charge in [0.15, 0.2) is 0 Å². The maximum absolute atomic E-state index is 12.4. The molecule has 0 aromatic carbocycles. The van der Waals surface area contributed by atoms with E-state index in [1.807, 2.05) is 0 Å². The van der Waals surface area contributed by atoms with E-state index in [2.05, 4.69) is 0 Å². The number of nitrogens with zero attached hydrogens (tertiary/aromatic N) is 2. The third-order valence-corrected chi connectivity index (χ3v) is 3.35. The standard InChI is InChI=1S/C12H22F3N3O.2ClH/c1-3-17(8-12(13,14)15)6-10-4-5-18(7-10)11(19)9(2)16;;/h9-10H,3-8,16H2,1-2H3;2*1H/t9-,10?;;/m1../s1. The molecule has 2 N–H and O–H groups in total. The molecular formula is C12H24Cl2F3N3O. The molecule has 1 saturated heterocycles. The average Bonchev–Trinajstić information content (AvgIpc) is 2.73. The monoisotopic (exact) mass is 353 g/mol. The first-order valence-corrected chi connectivity index (χ1v) is 6.56. The number of amides is 1. The molecule has 1 aliphatic rings. The topological polar surface area (TPSA) is 49.6 Å². The molecule has 0 aromatic rings. The fourth-order valence-electron chi connectivity index (χ4n) is 2.39. The summed E-state index contributed by atoms with van der Waals surface area (Å²) < 4.78 is 37.1. The Morgan fingerprint density at radius 1 is 1.43 bits per heavy atom. The molecule has 0 spiro atoms. The zero-order chi connectivity index (χ0) is 14.6. The minimum Gasteiger partial charge on any atom is -0.341 e. The number of nitrogens with two attached hydrogens (primary N) is 1. The number of alkyl halides is 3. The van der Waals surface area contributed by atoms with Crippen molar-refractivity contribution < 1.29 is 18.0 Å². The molecule has 2 atom stereocenters. The molecule has 1 fully saturated rings. The molecule has 1 aliphatic heterocycles. The molecule has 0 saturated carbocycles. The number of hydrogen-bond acceptors (Lipinski definition) is 3. The number of carbonyl (C=O) groups excluding carboxylic acids is 1. The Hall–Kier alpha value is -0.240. The summed E-state index contributed by atoms with van der Waals surface area (Å²) in [4.78, 5) is 14.7. The Morgan fingerprint density at radius 3 is 2.43 bits per heavy atom. The van der Waals surface area contributed by atoms with Gasteiger partial charge in [-0.05, 0) is 25.8 Å². The minimum atomic E-state index is -4.17. The molecule has 9 heteroatoms. The Bertz CT molecular complexity index is 317. The van der Waals surface area contributed by atoms with Gasteiger partial charge in [-0.2, -0.15) is 13.2 Å². The lowest BCUT2D eigenvalue weighted by atomic mass is 10.1. The molecular weight excluding hydrogens is 330 g/mol. The van der Waals surface area contributed by atoms with Crippen molar-refractivity contribution in [2.45, 2.75) is 32.5 Å². The van der Waals surface area contributed by atoms with Gasteiger partial charge in [-0.25, -0.2) is 0 Å². The molecule has 0 aromatic heterocycles. The van der Waals surface area contributed by atoms with E-state index in [1.165, 1.54) is 4.90 Å². The van der Waals surface area contributed by atoms with E-state index in [4.69, 9.17) is 5.73 Å². The summed E-state index contributed by atoms with van der Waals surface area (Å²) in [6, 6.07) is -0.545. The van der Waals surface area contributed by atoms with E-state index in [1.54, 1.807) is 18.7 Å². The highest BCUT2D eigenvalue weighted by Crippen LogP contribution is 2.21. The van der Waals surface area contributed by atoms with E-state index in [-0.39, 0.29) is 36.6 Å². The van der Waals surface area contributed by atoms with E-state index in [0.717, 1.165) is 6.42 Å². The van der Waals surface area contributed by atoms with Gasteiger partial charge in [0, 0.05) is 19.6 Å². The third kappa shape index (κ3) is 8.09. The first-order valence-electron chi connectivity index (χ1n) is 6.56. The van der Waals surface area contributed by atoms with Crippen LogP contribution in [0, 0.1) is 5.92 Å². The molecule has 21 heavy (non-hydrogen) atoms. The lowest BCUT2D eigenvalue weighted by Gasteiger charge is -2.25. The summed E-state index contributed by atoms with van der Waals surface area (Å²) in [7, 11) is 0. The Labute approximate surface area is 136 Å². The third-order valence-electron chi connectivity index (χ3n) is 3.35. The summed E-state index contributed by atoms with van der Waals surface area (Å²) in [5.74, 6) is -0.0219. The predicted octanol–water partition coefficient (Wildman–Crippen LogP) is 1.91. The lowest BCUT2D eigenvalue weighted by molar-refractivity contribution is -0.146. The van der Waals surface area contributed by atoms with Crippen molar-refractivity contribution in [3.63, 3.8) is 0 Å². The van der Waals surface area contributed by atoms with Crippen LogP contribution in [0.4, 0.5) is 13.2 Å². The van der Waals surface area contributed by atoms with Gasteiger partial charge < -0.3 is 10.6 Å². The molecule has 128 valence electrons. The molecule has 1 rings (SSSR count). The van der Waals surface area contributed by atoms with Crippen molar-refractivity contribution >= 4 is 30.7 Å². The van der Waals surface area contributed by atoms with E-state index in [9.17, 15) is 18.0 Å². The zero-order valence-corrected chi connectivity index (χ0v) is 13.9. The second-order valence-corrected chi connectivity index (χ2v) is 5.17. The largest absolute Gasteiger partial charge is 0.401 e. The lowest BCUT2D eigenvalue weighted by Crippen LogP contribution is -2.42. The van der Waals surface area contributed by atoms with Gasteiger partial charge in [0.2, 0.25) is 5.91 Å². The number of likely N-dealkylation sites (tertiary alicyclic amines) is 1. The van der Waals surface area contributed by atoms with Crippen LogP contribution < -0.4 is 5.73 Å². The van der Waals surface area contributed by atoms with Gasteiger partial charge in [0.05, 0.1) is 12.6 Å². The fraction of sp³-hybridized carbons (Fsp3) is 0.917. The SMILES string of the molecule is CCN(CC1CCN(C(=O)[C@@H](C)N)C1)CC(F)(F)F.Cl.Cl. The smallest absolute Gasteiger partial charge is 0.341 e. The van der Waals surface area contributed by atoms with Crippen LogP contribution in [-0.4, -0.2) is 60.6 Å². The van der Waals surface area contributed by atoms with Crippen LogP contribution in [0.3, 0.4) is 0 Å². The van der Waals surface area contributed by atoms with Crippen LogP contribution in [0.15, 0.2) is 0 Å². The van der Waals surface area contributed by atoms with Crippen molar-refractivity contribution in [2.24, 2.45) is 11.7 Å². The highest BCUT2D eigenvalue weighted by atomic mass is 35.5. The van der Waals surface area contributed by atoms with Crippen LogP contribution in [0.1, 0.15) is 20.3 Å². The van der Waals surface area contributed by atoms with Crippen LogP contribution in [0.2, 0.25) is 0 Å². The Morgan fingerprint density at radius 2 is 2.00 bits per heavy atom. The van der Waals surface area contributed by atoms with E-state index in [0.29, 0.717) is 26.2 Å². The minimum absolute atomic E-state index is 0. The van der Waals surface area contributed by atoms with Crippen molar-refractivity contribution in [1.82, 2.24) is 9.80 Å². The number of hydrogen-bond donors (Lipinski definition) is 1. The van der Waals surface area contributed by atoms with Crippen LogP contribution in [-0.2, 0) is 4.79 Å². The Kier molecular flexibility index (Phi) is 10.7. The van der Waals surface area contributed by atoms with Crippen LogP contribution >= 0.6 is 24.8 Å². The number of halogens is 5. The molecule has 1 heterocycles. The van der Waals surface area contributed by atoms with Crippen molar-refractivity contribution in [3.05, 3.63) is 0 Å². The maximum Gasteiger partial charge on any atom is 0.401 e. The van der Waals surface area contributed by atoms with E-state index < -0.39 is 18.8 Å². The van der Waals surface area contributed by atoms with Crippen LogP contribution in [0.25, 0.3) is 0 Å². The van der Waals surface area contributed by atoms with Crippen molar-refractivity contribution in [1.29, 1.82) is 0 Å². The summed E-state index contributed by atoms with van der Waals surface area (Å²) in [6.45, 7) is 4.28. The van der Waals surface area contributed by atoms with Gasteiger partial charge in [-0.3, -0.25) is 9.69 Å². The van der Waals surface area contributed by atoms with Crippen LogP contribution in [0.5, 0.6) is 0 Å². The zero-order valence-electron chi connectivity index (χ0n) is 12.2. The summed E-state index contributed by atoms with van der Waals surface area (Å²) >= 11 is 0. The Balaban J connectivity index is 0. The summed E-state index contributed by atoms with van der Waals surface area (Å²) in [5.41, 5.74) is 5.52. The quantitative estimate of drug-likeness (QED) is 0.821. The van der Waals surface area contributed by atoms with Crippen molar-refractivity contribution in [2.75, 3.05) is 32.7 Å². The predicted molar refractivity (Wildman–Crippen MR) is 81.0 cm³/mol. The average molecular weight is 354 g/mol. The molecule has 0 radical (unpaired) electrons. The molecule has 4 nitrogen and oxygen atoms in total. The van der Waals surface area contributed by atoms with Gasteiger partial charge in [-0.15, -0.1) is 24.8 Å². The molecule has 1 unspecified atom stereocenters. The summed E-state index contributed by atoms with van der Waals surface area (Å²) in [5, 5.41) is 0. The van der Waals surface area contributed by atoms with Gasteiger partial charge in [0.25, 0.3) is 0 Å². The summed E-state index contributed by atoms with van der Waals surface area (Å²) in [6.07, 6.45) is -3.43. The van der Waals surface area contributed by atoms with Gasteiger partial charge in [0.1, 0.15) is 0 Å². The second kappa shape index (κ2) is 9.71. The molecule has 0 aliphatic carbocycles. The number of carbonyl (C=O) groups is 1. The highest BCUT2D eigenvalue weighted by molar-refractivity contribution is 5.85. The second-order valence-electron chi connectivity index (χ2n) is 5.17. The normalized spacial score (nSPS) is 20.0.